The first-order chi connectivity index (χ1) is 7.99. The molecule has 1 aromatic carbocycles. The average Bonchev–Trinajstić information content (AvgIpc) is 2.19. The Hall–Kier alpha value is -1.26. The van der Waals surface area contributed by atoms with Crippen LogP contribution in [-0.4, -0.2) is 37.7 Å². The summed E-state index contributed by atoms with van der Waals surface area (Å²) in [6.45, 7) is 2.52. The molecule has 0 saturated carbocycles. The van der Waals surface area contributed by atoms with Gasteiger partial charge in [-0.1, -0.05) is 23.7 Å². The van der Waals surface area contributed by atoms with E-state index < -0.39 is 6.09 Å². The molecule has 1 amide bonds. The van der Waals surface area contributed by atoms with Gasteiger partial charge in [0.1, 0.15) is 6.10 Å². The number of halogens is 1. The Bertz CT molecular complexity index is 383. The third-order valence-electron chi connectivity index (χ3n) is 2.04. The summed E-state index contributed by atoms with van der Waals surface area (Å²) in [4.78, 5) is 13.5. The number of ether oxygens (including phenoxy) is 1. The van der Waals surface area contributed by atoms with Crippen molar-refractivity contribution in [1.29, 1.82) is 0 Å². The maximum atomic E-state index is 11.5. The summed E-state index contributed by atoms with van der Waals surface area (Å²) >= 11 is 5.91. The van der Waals surface area contributed by atoms with Crippen molar-refractivity contribution in [2.45, 2.75) is 13.0 Å². The fourth-order valence-electron chi connectivity index (χ4n) is 1.44. The molecule has 5 heteroatoms. The number of carbonyl (C=O) groups is 1. The van der Waals surface area contributed by atoms with Crippen LogP contribution >= 0.6 is 11.6 Å². The van der Waals surface area contributed by atoms with E-state index in [0.717, 1.165) is 0 Å². The summed E-state index contributed by atoms with van der Waals surface area (Å²) in [6, 6.07) is 7.03. The Morgan fingerprint density at radius 3 is 2.71 bits per heavy atom. The first-order valence-corrected chi connectivity index (χ1v) is 5.73. The van der Waals surface area contributed by atoms with Gasteiger partial charge in [-0.15, -0.1) is 0 Å². The maximum absolute atomic E-state index is 11.5. The van der Waals surface area contributed by atoms with Crippen LogP contribution < -0.4 is 5.32 Å². The predicted octanol–water partition coefficient (Wildman–Crippen LogP) is 2.84. The summed E-state index contributed by atoms with van der Waals surface area (Å²) in [5.41, 5.74) is 0.552. The van der Waals surface area contributed by atoms with Gasteiger partial charge in [0, 0.05) is 6.54 Å². The lowest BCUT2D eigenvalue weighted by Crippen LogP contribution is -2.29. The smallest absolute Gasteiger partial charge is 0.411 e. The highest BCUT2D eigenvalue weighted by Crippen LogP contribution is 2.20. The van der Waals surface area contributed by atoms with E-state index in [0.29, 0.717) is 17.3 Å². The summed E-state index contributed by atoms with van der Waals surface area (Å²) in [7, 11) is 3.84. The molecule has 1 N–H and O–H groups in total. The molecular formula is C12H17ClN2O2. The molecular weight excluding hydrogens is 240 g/mol. The zero-order valence-corrected chi connectivity index (χ0v) is 11.0. The van der Waals surface area contributed by atoms with E-state index in [1.807, 2.05) is 25.9 Å². The number of nitrogens with one attached hydrogen (secondary N) is 1. The highest BCUT2D eigenvalue weighted by molar-refractivity contribution is 6.33. The van der Waals surface area contributed by atoms with Crippen LogP contribution in [0.3, 0.4) is 0 Å². The molecule has 0 aromatic heterocycles. The number of benzene rings is 1. The quantitative estimate of drug-likeness (QED) is 0.901. The normalized spacial score (nSPS) is 12.3. The fraction of sp³-hybridized carbons (Fsp3) is 0.417. The first kappa shape index (κ1) is 13.8. The molecule has 1 rings (SSSR count). The lowest BCUT2D eigenvalue weighted by Gasteiger charge is -2.17. The van der Waals surface area contributed by atoms with Crippen LogP contribution in [0.4, 0.5) is 10.5 Å². The van der Waals surface area contributed by atoms with Crippen molar-refractivity contribution in [3.8, 4) is 0 Å². The second kappa shape index (κ2) is 6.47. The fourth-order valence-corrected chi connectivity index (χ4v) is 1.62. The van der Waals surface area contributed by atoms with Gasteiger partial charge in [-0.2, -0.15) is 0 Å². The van der Waals surface area contributed by atoms with Crippen molar-refractivity contribution in [3.63, 3.8) is 0 Å². The molecule has 0 fully saturated rings. The van der Waals surface area contributed by atoms with E-state index in [1.54, 1.807) is 24.3 Å². The second-order valence-corrected chi connectivity index (χ2v) is 4.49. The van der Waals surface area contributed by atoms with E-state index in [-0.39, 0.29) is 6.10 Å². The molecule has 0 aliphatic heterocycles. The van der Waals surface area contributed by atoms with Crippen molar-refractivity contribution >= 4 is 23.4 Å². The maximum Gasteiger partial charge on any atom is 0.411 e. The molecule has 17 heavy (non-hydrogen) atoms. The third kappa shape index (κ3) is 5.06. The van der Waals surface area contributed by atoms with Gasteiger partial charge < -0.3 is 9.64 Å². The number of nitrogens with zero attached hydrogens (tertiary/aromatic N) is 1. The lowest BCUT2D eigenvalue weighted by molar-refractivity contribution is 0.103. The molecule has 0 unspecified atom stereocenters. The van der Waals surface area contributed by atoms with Gasteiger partial charge in [-0.25, -0.2) is 4.79 Å². The van der Waals surface area contributed by atoms with Crippen molar-refractivity contribution in [2.24, 2.45) is 0 Å². The summed E-state index contributed by atoms with van der Waals surface area (Å²) in [6.07, 6.45) is -0.667. The van der Waals surface area contributed by atoms with E-state index in [2.05, 4.69) is 5.32 Å². The second-order valence-electron chi connectivity index (χ2n) is 4.08. The number of para-hydroxylation sites is 1. The number of hydrogen-bond donors (Lipinski definition) is 1. The minimum atomic E-state index is -0.493. The molecule has 0 aliphatic rings. The van der Waals surface area contributed by atoms with E-state index in [1.165, 1.54) is 0 Å². The molecule has 0 bridgehead atoms. The average molecular weight is 257 g/mol. The molecule has 1 atom stereocenters. The molecule has 0 saturated heterocycles. The lowest BCUT2D eigenvalue weighted by atomic mass is 10.3. The van der Waals surface area contributed by atoms with Crippen molar-refractivity contribution in [2.75, 3.05) is 26.0 Å². The summed E-state index contributed by atoms with van der Waals surface area (Å²) < 4.78 is 5.17. The molecule has 1 aromatic rings. The number of amides is 1. The Morgan fingerprint density at radius 2 is 2.12 bits per heavy atom. The summed E-state index contributed by atoms with van der Waals surface area (Å²) in [5.74, 6) is 0. The highest BCUT2D eigenvalue weighted by Gasteiger charge is 2.11. The van der Waals surface area contributed by atoms with Crippen molar-refractivity contribution in [3.05, 3.63) is 29.3 Å². The molecule has 0 heterocycles. The molecule has 0 aliphatic carbocycles. The van der Waals surface area contributed by atoms with Gasteiger partial charge in [-0.05, 0) is 33.2 Å². The van der Waals surface area contributed by atoms with Crippen LogP contribution in [0.2, 0.25) is 5.02 Å². The van der Waals surface area contributed by atoms with Crippen LogP contribution in [0.5, 0.6) is 0 Å². The highest BCUT2D eigenvalue weighted by atomic mass is 35.5. The van der Waals surface area contributed by atoms with Crippen LogP contribution in [0.25, 0.3) is 0 Å². The van der Waals surface area contributed by atoms with Crippen molar-refractivity contribution in [1.82, 2.24) is 4.90 Å². The molecule has 0 radical (unpaired) electrons. The van der Waals surface area contributed by atoms with Gasteiger partial charge in [0.05, 0.1) is 10.7 Å². The topological polar surface area (TPSA) is 41.6 Å². The SMILES string of the molecule is C[C@H](CN(C)C)OC(=O)Nc1ccccc1Cl. The number of anilines is 1. The van der Waals surface area contributed by atoms with Gasteiger partial charge in [-0.3, -0.25) is 5.32 Å². The van der Waals surface area contributed by atoms with E-state index in [4.69, 9.17) is 16.3 Å². The van der Waals surface area contributed by atoms with Gasteiger partial charge in [0.15, 0.2) is 0 Å². The minimum Gasteiger partial charge on any atom is -0.445 e. The number of carbonyl (C=O) groups excluding carboxylic acids is 1. The zero-order chi connectivity index (χ0) is 12.8. The van der Waals surface area contributed by atoms with Crippen LogP contribution in [0, 0.1) is 0 Å². The Labute approximate surface area is 107 Å². The predicted molar refractivity (Wildman–Crippen MR) is 69.6 cm³/mol. The zero-order valence-electron chi connectivity index (χ0n) is 10.2. The van der Waals surface area contributed by atoms with E-state index in [9.17, 15) is 4.79 Å². The molecule has 0 spiro atoms. The summed E-state index contributed by atoms with van der Waals surface area (Å²) in [5, 5.41) is 3.09. The molecule has 94 valence electrons. The van der Waals surface area contributed by atoms with Crippen molar-refractivity contribution < 1.29 is 9.53 Å². The number of hydrogen-bond acceptors (Lipinski definition) is 3. The largest absolute Gasteiger partial charge is 0.445 e. The van der Waals surface area contributed by atoms with Gasteiger partial charge >= 0.3 is 6.09 Å². The number of rotatable bonds is 4. The Morgan fingerprint density at radius 1 is 1.47 bits per heavy atom. The standard InChI is InChI=1S/C12H17ClN2O2/c1-9(8-15(2)3)17-12(16)14-11-7-5-4-6-10(11)13/h4-7,9H,8H2,1-3H3,(H,14,16)/t9-/m1/s1. The van der Waals surface area contributed by atoms with Crippen LogP contribution in [0.15, 0.2) is 24.3 Å². The van der Waals surface area contributed by atoms with Crippen LogP contribution in [0.1, 0.15) is 6.92 Å². The molecule has 4 nitrogen and oxygen atoms in total. The Kier molecular flexibility index (Phi) is 5.25. The van der Waals surface area contributed by atoms with Gasteiger partial charge in [0.25, 0.3) is 0 Å². The Balaban J connectivity index is 2.47. The minimum absolute atomic E-state index is 0.174. The van der Waals surface area contributed by atoms with E-state index >= 15 is 0 Å². The number of likely N-dealkylation sites (N-methyl/N-ethyl adjacent to an activating group) is 1. The van der Waals surface area contributed by atoms with Gasteiger partial charge in [0.2, 0.25) is 0 Å². The monoisotopic (exact) mass is 256 g/mol. The van der Waals surface area contributed by atoms with Crippen LogP contribution in [-0.2, 0) is 4.74 Å². The first-order valence-electron chi connectivity index (χ1n) is 5.36. The third-order valence-corrected chi connectivity index (χ3v) is 2.37.